The van der Waals surface area contributed by atoms with E-state index in [4.69, 9.17) is 0 Å². The van der Waals surface area contributed by atoms with Crippen LogP contribution in [0.25, 0.3) is 0 Å². The Morgan fingerprint density at radius 1 is 0.415 bits per heavy atom. The van der Waals surface area contributed by atoms with Crippen LogP contribution in [0.4, 0.5) is 0 Å². The predicted molar refractivity (Wildman–Crippen MR) is 173 cm³/mol. The van der Waals surface area contributed by atoms with Gasteiger partial charge in [0.15, 0.2) is 0 Å². The van der Waals surface area contributed by atoms with Crippen LogP contribution < -0.4 is 21.2 Å². The molecule has 41 heavy (non-hydrogen) atoms. The van der Waals surface area contributed by atoms with E-state index >= 15 is 0 Å². The van der Waals surface area contributed by atoms with Crippen molar-refractivity contribution in [3.05, 3.63) is 119 Å². The second kappa shape index (κ2) is 3.38. The van der Waals surface area contributed by atoms with Crippen molar-refractivity contribution in [2.45, 2.75) is 74.7 Å². The van der Waals surface area contributed by atoms with Crippen molar-refractivity contribution < 1.29 is 6.37 Å². The van der Waals surface area contributed by atoms with E-state index in [1.165, 1.54) is 38.8 Å². The number of fused-ring (bicyclic) bond motifs is 10. The van der Waals surface area contributed by atoms with Crippen LogP contribution in [-0.2, 0) is 6.37 Å². The summed E-state index contributed by atoms with van der Waals surface area (Å²) in [6, 6.07) is 39.0. The van der Waals surface area contributed by atoms with Gasteiger partial charge in [-0.1, -0.05) is 0 Å². The van der Waals surface area contributed by atoms with E-state index in [2.05, 4.69) is 125 Å². The third kappa shape index (κ3) is 0.569. The average Bonchev–Trinajstić information content (AvgIpc) is 3.93. The van der Waals surface area contributed by atoms with Crippen molar-refractivity contribution in [3.63, 3.8) is 0 Å². The fourth-order valence-corrected chi connectivity index (χ4v) is 119. The molecule has 10 aliphatic rings. The molecule has 0 aromatic heterocycles. The van der Waals surface area contributed by atoms with Crippen LogP contribution >= 0.6 is 15.8 Å². The molecule has 1 spiro atoms. The molecule has 4 unspecified atom stereocenters. The summed E-state index contributed by atoms with van der Waals surface area (Å²) in [6.07, 6.45) is -3.83. The normalized spacial score (nSPS) is 58.2. The summed E-state index contributed by atoms with van der Waals surface area (Å²) in [5, 5.41) is 7.08. The zero-order valence-corrected chi connectivity index (χ0v) is 26.9. The summed E-state index contributed by atoms with van der Waals surface area (Å²) in [5.41, 5.74) is 6.29. The van der Waals surface area contributed by atoms with Gasteiger partial charge in [-0.2, -0.15) is 0 Å². The molecular formula is C38H36CoP2. The molecule has 207 valence electrons. The van der Waals surface area contributed by atoms with Gasteiger partial charge < -0.3 is 0 Å². The first-order chi connectivity index (χ1) is 19.8. The van der Waals surface area contributed by atoms with Crippen molar-refractivity contribution in [1.29, 1.82) is 0 Å². The molecule has 0 bridgehead atoms. The fourth-order valence-electron chi connectivity index (χ4n) is 20.7. The molecule has 0 nitrogen and oxygen atoms in total. The van der Waals surface area contributed by atoms with Gasteiger partial charge in [0.05, 0.1) is 0 Å². The van der Waals surface area contributed by atoms with E-state index in [1.807, 2.05) is 0 Å². The number of rotatable bonds is 6. The Kier molecular flexibility index (Phi) is 1.74. The van der Waals surface area contributed by atoms with Crippen molar-refractivity contribution >= 4 is 37.1 Å². The zero-order valence-electron chi connectivity index (χ0n) is 24.1. The molecule has 4 aromatic carbocycles. The summed E-state index contributed by atoms with van der Waals surface area (Å²) in [4.78, 5) is 10.0. The number of hydrogen-bond donors (Lipinski definition) is 0. The molecule has 0 aliphatic carbocycles. The van der Waals surface area contributed by atoms with Gasteiger partial charge in [0.2, 0.25) is 0 Å². The topological polar surface area (TPSA) is 0 Å². The maximum atomic E-state index is 2.61. The van der Waals surface area contributed by atoms with E-state index in [9.17, 15) is 0 Å². The molecule has 10 aliphatic heterocycles. The third-order valence-electron chi connectivity index (χ3n) is 20.0. The molecule has 4 atom stereocenters. The fraction of sp³-hybridized carbons (Fsp3) is 0.368. The van der Waals surface area contributed by atoms with Gasteiger partial charge in [-0.15, -0.1) is 0 Å². The second-order valence-electron chi connectivity index (χ2n) is 17.1. The van der Waals surface area contributed by atoms with Gasteiger partial charge in [0.1, 0.15) is 0 Å². The first-order valence-corrected chi connectivity index (χ1v) is 24.2. The molecule has 10 heterocycles. The van der Waals surface area contributed by atoms with E-state index in [0.717, 1.165) is 0 Å². The van der Waals surface area contributed by atoms with E-state index in [-0.39, 0.29) is 15.8 Å². The molecule has 3 heteroatoms. The van der Waals surface area contributed by atoms with Gasteiger partial charge in [0, 0.05) is 0 Å². The molecule has 4 aromatic rings. The van der Waals surface area contributed by atoms with Crippen LogP contribution in [0, 0.1) is 27.7 Å². The number of aryl methyl sites for hydroxylation is 4. The summed E-state index contributed by atoms with van der Waals surface area (Å²) < 4.78 is 1.40. The van der Waals surface area contributed by atoms with Crippen molar-refractivity contribution in [3.8, 4) is 0 Å². The van der Waals surface area contributed by atoms with Gasteiger partial charge >= 0.3 is 237 Å². The van der Waals surface area contributed by atoms with Crippen LogP contribution in [0.1, 0.15) is 22.3 Å². The molecule has 0 radical (unpaired) electrons. The summed E-state index contributed by atoms with van der Waals surface area (Å²) in [5.74, 6) is 0. The Hall–Kier alpha value is -1.75. The Bertz CT molecular complexity index is 2140. The summed E-state index contributed by atoms with van der Waals surface area (Å²) in [6.45, 7) is 9.80. The Labute approximate surface area is 236 Å². The molecule has 14 rings (SSSR count). The summed E-state index contributed by atoms with van der Waals surface area (Å²) in [7, 11) is -0.755. The number of benzene rings is 4. The van der Waals surface area contributed by atoms with Gasteiger partial charge in [0.25, 0.3) is 0 Å². The summed E-state index contributed by atoms with van der Waals surface area (Å²) >= 11 is 0. The molecule has 0 N–H and O–H groups in total. The van der Waals surface area contributed by atoms with E-state index in [0.29, 0.717) is 8.18 Å². The predicted octanol–water partition coefficient (Wildman–Crippen LogP) is 8.69. The van der Waals surface area contributed by atoms with Gasteiger partial charge in [-0.05, 0) is 0 Å². The minimum absolute atomic E-state index is 0.378. The average molecular weight is 614 g/mol. The first-order valence-electron chi connectivity index (χ1n) is 15.7. The SMILES string of the molecule is Cc1ccccc1P(c1ccccc1C)[C]12[CH]3[CH]4[CH]5[C]1(P(c1ccccc1C)c1ccccc1C)[Co]43521678[CH]2[CH]1[CH]6[CH]7[CH]28. The van der Waals surface area contributed by atoms with Gasteiger partial charge in [-0.25, -0.2) is 0 Å². The Morgan fingerprint density at radius 2 is 0.683 bits per heavy atom. The maximum absolute atomic E-state index is 3.83. The monoisotopic (exact) mass is 613 g/mol. The Balaban J connectivity index is 1.18. The van der Waals surface area contributed by atoms with Crippen LogP contribution in [0.5, 0.6) is 0 Å². The van der Waals surface area contributed by atoms with Gasteiger partial charge in [-0.3, -0.25) is 0 Å². The quantitative estimate of drug-likeness (QED) is 0.191. The second-order valence-corrected chi connectivity index (χ2v) is 44.4. The molecular weight excluding hydrogens is 577 g/mol. The van der Waals surface area contributed by atoms with Crippen LogP contribution in [0.2, 0.25) is 38.8 Å². The van der Waals surface area contributed by atoms with Crippen molar-refractivity contribution in [2.24, 2.45) is 0 Å². The van der Waals surface area contributed by atoms with Crippen molar-refractivity contribution in [2.75, 3.05) is 0 Å². The minimum atomic E-state index is -3.83. The third-order valence-corrected chi connectivity index (χ3v) is 74.6. The van der Waals surface area contributed by atoms with E-state index in [1.54, 1.807) is 43.5 Å². The van der Waals surface area contributed by atoms with Crippen LogP contribution in [-0.4, -0.2) is 8.18 Å². The Morgan fingerprint density at radius 3 is 0.902 bits per heavy atom. The number of hydrogen-bond acceptors (Lipinski definition) is 0. The van der Waals surface area contributed by atoms with Crippen molar-refractivity contribution in [1.82, 2.24) is 0 Å². The standard InChI is InChI=1S/C33H31P2.C5H5.Co/c1-24-14-5-9-18-28(24)34(29-19-10-6-15-25(29)2)32-22-13-23-33(32)35(30-20-11-7-16-26(30)3)31-21-12-8-17-27(31)4;1-2-4-5-3-1;/h5-23H,1-4H3;1-5H;. The zero-order chi connectivity index (χ0) is 27.0. The molecule has 10 fully saturated rings. The van der Waals surface area contributed by atoms with Crippen LogP contribution in [0.15, 0.2) is 97.1 Å². The van der Waals surface area contributed by atoms with Crippen LogP contribution in [0.3, 0.4) is 0 Å². The molecule has 10 saturated heterocycles. The molecule has 0 amide bonds. The van der Waals surface area contributed by atoms with E-state index < -0.39 is 6.37 Å². The molecule has 0 saturated carbocycles. The first kappa shape index (κ1) is 21.0.